The van der Waals surface area contributed by atoms with E-state index >= 15 is 0 Å². The predicted molar refractivity (Wildman–Crippen MR) is 62.9 cm³/mol. The molecule has 0 amide bonds. The van der Waals surface area contributed by atoms with Crippen LogP contribution in [0.1, 0.15) is 24.0 Å². The molecule has 1 aromatic carbocycles. The molecule has 0 bridgehead atoms. The number of benzene rings is 1. The Labute approximate surface area is 95.3 Å². The van der Waals surface area contributed by atoms with Crippen LogP contribution in [0.5, 0.6) is 0 Å². The zero-order valence-electron chi connectivity index (χ0n) is 9.07. The molecule has 0 saturated heterocycles. The highest BCUT2D eigenvalue weighted by atomic mass is 16.4. The predicted octanol–water partition coefficient (Wildman–Crippen LogP) is 1.40. The fourth-order valence-corrected chi connectivity index (χ4v) is 1.29. The third-order valence-corrected chi connectivity index (χ3v) is 2.06. The Morgan fingerprint density at radius 2 is 2.25 bits per heavy atom. The largest absolute Gasteiger partial charge is 0.481 e. The van der Waals surface area contributed by atoms with Crippen molar-refractivity contribution in [2.75, 3.05) is 6.54 Å². The molecule has 1 aromatic rings. The molecule has 0 aliphatic heterocycles. The van der Waals surface area contributed by atoms with E-state index in [9.17, 15) is 4.79 Å². The summed E-state index contributed by atoms with van der Waals surface area (Å²) >= 11 is 0. The lowest BCUT2D eigenvalue weighted by Crippen LogP contribution is -1.97. The quantitative estimate of drug-likeness (QED) is 0.749. The van der Waals surface area contributed by atoms with Gasteiger partial charge in [-0.3, -0.25) is 4.79 Å². The molecule has 0 aliphatic carbocycles. The van der Waals surface area contributed by atoms with Gasteiger partial charge in [-0.25, -0.2) is 0 Å². The Morgan fingerprint density at radius 1 is 1.44 bits per heavy atom. The smallest absolute Gasteiger partial charge is 0.303 e. The Kier molecular flexibility index (Phi) is 5.10. The lowest BCUT2D eigenvalue weighted by atomic mass is 10.1. The van der Waals surface area contributed by atoms with E-state index in [-0.39, 0.29) is 6.42 Å². The van der Waals surface area contributed by atoms with Crippen LogP contribution in [-0.4, -0.2) is 17.6 Å². The molecule has 3 heteroatoms. The monoisotopic (exact) mass is 217 g/mol. The number of carbonyl (C=O) groups is 1. The van der Waals surface area contributed by atoms with Crippen LogP contribution in [0.25, 0.3) is 0 Å². The van der Waals surface area contributed by atoms with Crippen molar-refractivity contribution < 1.29 is 9.90 Å². The van der Waals surface area contributed by atoms with Crippen molar-refractivity contribution in [3.63, 3.8) is 0 Å². The van der Waals surface area contributed by atoms with Crippen LogP contribution in [0.3, 0.4) is 0 Å². The van der Waals surface area contributed by atoms with Gasteiger partial charge in [-0.05, 0) is 24.1 Å². The normalized spacial score (nSPS) is 9.31. The van der Waals surface area contributed by atoms with Crippen molar-refractivity contribution in [3.8, 4) is 11.8 Å². The molecule has 0 radical (unpaired) electrons. The van der Waals surface area contributed by atoms with E-state index < -0.39 is 5.97 Å². The van der Waals surface area contributed by atoms with Crippen molar-refractivity contribution in [2.24, 2.45) is 5.73 Å². The number of hydrogen-bond acceptors (Lipinski definition) is 2. The third-order valence-electron chi connectivity index (χ3n) is 2.06. The third kappa shape index (κ3) is 4.63. The van der Waals surface area contributed by atoms with E-state index in [1.807, 2.05) is 24.3 Å². The van der Waals surface area contributed by atoms with Crippen LogP contribution in [0.15, 0.2) is 24.3 Å². The molecule has 84 valence electrons. The van der Waals surface area contributed by atoms with Crippen molar-refractivity contribution >= 4 is 5.97 Å². The van der Waals surface area contributed by atoms with Gasteiger partial charge in [0, 0.05) is 24.9 Å². The number of aliphatic carboxylic acids is 1. The molecule has 0 heterocycles. The van der Waals surface area contributed by atoms with Crippen LogP contribution in [0, 0.1) is 11.8 Å². The summed E-state index contributed by atoms with van der Waals surface area (Å²) in [7, 11) is 0. The second-order valence-corrected chi connectivity index (χ2v) is 3.43. The topological polar surface area (TPSA) is 63.3 Å². The number of aryl methyl sites for hydroxylation is 1. The van der Waals surface area contributed by atoms with Gasteiger partial charge >= 0.3 is 5.97 Å². The SMILES string of the molecule is NCCC#Cc1cccc(CCC(=O)O)c1. The number of carboxylic acids is 1. The molecule has 0 aliphatic rings. The fourth-order valence-electron chi connectivity index (χ4n) is 1.29. The fraction of sp³-hybridized carbons (Fsp3) is 0.308. The lowest BCUT2D eigenvalue weighted by molar-refractivity contribution is -0.136. The highest BCUT2D eigenvalue weighted by Crippen LogP contribution is 2.06. The number of carboxylic acid groups (broad SMARTS) is 1. The van der Waals surface area contributed by atoms with Crippen molar-refractivity contribution in [1.29, 1.82) is 0 Å². The van der Waals surface area contributed by atoms with Gasteiger partial charge in [0.25, 0.3) is 0 Å². The summed E-state index contributed by atoms with van der Waals surface area (Å²) in [4.78, 5) is 10.4. The highest BCUT2D eigenvalue weighted by molar-refractivity contribution is 5.67. The molecule has 0 spiro atoms. The molecule has 0 aromatic heterocycles. The minimum absolute atomic E-state index is 0.152. The van der Waals surface area contributed by atoms with Gasteiger partial charge in [-0.15, -0.1) is 0 Å². The number of nitrogens with two attached hydrogens (primary N) is 1. The molecule has 0 unspecified atom stereocenters. The molecule has 1 rings (SSSR count). The van der Waals surface area contributed by atoms with E-state index in [1.54, 1.807) is 0 Å². The molecular formula is C13H15NO2. The van der Waals surface area contributed by atoms with Gasteiger partial charge < -0.3 is 10.8 Å². The van der Waals surface area contributed by atoms with Gasteiger partial charge in [0.05, 0.1) is 0 Å². The molecule has 3 N–H and O–H groups in total. The maximum absolute atomic E-state index is 10.4. The van der Waals surface area contributed by atoms with Crippen LogP contribution in [0.2, 0.25) is 0 Å². The summed E-state index contributed by atoms with van der Waals surface area (Å²) in [6, 6.07) is 7.64. The summed E-state index contributed by atoms with van der Waals surface area (Å²) < 4.78 is 0. The van der Waals surface area contributed by atoms with E-state index in [2.05, 4.69) is 11.8 Å². The minimum Gasteiger partial charge on any atom is -0.481 e. The molecule has 0 fully saturated rings. The van der Waals surface area contributed by atoms with E-state index in [0.29, 0.717) is 19.4 Å². The van der Waals surface area contributed by atoms with Gasteiger partial charge in [0.15, 0.2) is 0 Å². The molecular weight excluding hydrogens is 202 g/mol. The summed E-state index contributed by atoms with van der Waals surface area (Å²) in [5.41, 5.74) is 7.25. The van der Waals surface area contributed by atoms with Crippen molar-refractivity contribution in [3.05, 3.63) is 35.4 Å². The zero-order chi connectivity index (χ0) is 11.8. The Morgan fingerprint density at radius 3 is 2.94 bits per heavy atom. The maximum Gasteiger partial charge on any atom is 0.303 e. The number of hydrogen-bond donors (Lipinski definition) is 2. The first-order chi connectivity index (χ1) is 7.72. The van der Waals surface area contributed by atoms with E-state index in [0.717, 1.165) is 11.1 Å². The summed E-state index contributed by atoms with van der Waals surface area (Å²) in [6.07, 6.45) is 1.38. The summed E-state index contributed by atoms with van der Waals surface area (Å²) in [6.45, 7) is 0.561. The second-order valence-electron chi connectivity index (χ2n) is 3.43. The van der Waals surface area contributed by atoms with Crippen LogP contribution < -0.4 is 5.73 Å². The highest BCUT2D eigenvalue weighted by Gasteiger charge is 1.99. The molecule has 0 atom stereocenters. The van der Waals surface area contributed by atoms with Crippen molar-refractivity contribution in [1.82, 2.24) is 0 Å². The van der Waals surface area contributed by atoms with E-state index in [1.165, 1.54) is 0 Å². The minimum atomic E-state index is -0.778. The van der Waals surface area contributed by atoms with Crippen LogP contribution >= 0.6 is 0 Å². The Hall–Kier alpha value is -1.79. The summed E-state index contributed by atoms with van der Waals surface area (Å²) in [5, 5.41) is 8.58. The van der Waals surface area contributed by atoms with Crippen LogP contribution in [0.4, 0.5) is 0 Å². The zero-order valence-corrected chi connectivity index (χ0v) is 9.07. The van der Waals surface area contributed by atoms with Crippen molar-refractivity contribution in [2.45, 2.75) is 19.3 Å². The van der Waals surface area contributed by atoms with Crippen LogP contribution in [-0.2, 0) is 11.2 Å². The average Bonchev–Trinajstić information content (AvgIpc) is 2.27. The Balaban J connectivity index is 2.64. The van der Waals surface area contributed by atoms with Gasteiger partial charge in [-0.2, -0.15) is 0 Å². The Bertz CT molecular complexity index is 415. The first kappa shape index (κ1) is 12.3. The van der Waals surface area contributed by atoms with Gasteiger partial charge in [-0.1, -0.05) is 24.0 Å². The maximum atomic E-state index is 10.4. The molecule has 16 heavy (non-hydrogen) atoms. The van der Waals surface area contributed by atoms with E-state index in [4.69, 9.17) is 10.8 Å². The first-order valence-electron chi connectivity index (χ1n) is 5.22. The lowest BCUT2D eigenvalue weighted by Gasteiger charge is -1.99. The second kappa shape index (κ2) is 6.65. The first-order valence-corrected chi connectivity index (χ1v) is 5.22. The number of rotatable bonds is 4. The van der Waals surface area contributed by atoms with Gasteiger partial charge in [0.2, 0.25) is 0 Å². The average molecular weight is 217 g/mol. The molecule has 0 saturated carbocycles. The summed E-state index contributed by atoms with van der Waals surface area (Å²) in [5.74, 6) is 5.17. The van der Waals surface area contributed by atoms with Gasteiger partial charge in [0.1, 0.15) is 0 Å². The standard InChI is InChI=1S/C13H15NO2/c14-9-2-1-4-11-5-3-6-12(10-11)7-8-13(15)16/h3,5-6,10H,2,7-9,14H2,(H,15,16). The molecule has 3 nitrogen and oxygen atoms in total.